The number of aromatic nitrogens is 2. The smallest absolute Gasteiger partial charge is 0.320 e. The van der Waals surface area contributed by atoms with Gasteiger partial charge in [0.25, 0.3) is 11.6 Å². The molecule has 2 aromatic carbocycles. The van der Waals surface area contributed by atoms with Crippen LogP contribution in [0.25, 0.3) is 0 Å². The Balaban J connectivity index is 1.94. The van der Waals surface area contributed by atoms with Crippen LogP contribution in [0.2, 0.25) is 10.0 Å². The fourth-order valence-electron chi connectivity index (χ4n) is 2.56. The molecule has 0 aliphatic rings. The molecule has 0 aliphatic heterocycles. The number of hydrogen-bond donors (Lipinski definition) is 1. The number of nitro benzene ring substituents is 1. The largest absolute Gasteiger partial charge is 0.455 e. The van der Waals surface area contributed by atoms with Crippen LogP contribution >= 0.6 is 23.2 Å². The lowest BCUT2D eigenvalue weighted by atomic mass is 10.2. The fourth-order valence-corrected chi connectivity index (χ4v) is 3.01. The minimum atomic E-state index is -0.908. The lowest BCUT2D eigenvalue weighted by Crippen LogP contribution is -2.15. The van der Waals surface area contributed by atoms with Gasteiger partial charge in [-0.1, -0.05) is 23.2 Å². The molecule has 31 heavy (non-hydrogen) atoms. The number of carbonyl (C=O) groups is 1. The van der Waals surface area contributed by atoms with Crippen LogP contribution in [0.5, 0.6) is 11.5 Å². The lowest BCUT2D eigenvalue weighted by Gasteiger charge is -2.10. The third-order valence-corrected chi connectivity index (χ3v) is 4.49. The van der Waals surface area contributed by atoms with E-state index in [1.807, 2.05) is 0 Å². The molecule has 0 aliphatic carbocycles. The molecule has 0 fully saturated rings. The summed E-state index contributed by atoms with van der Waals surface area (Å²) < 4.78 is 6.83. The van der Waals surface area contributed by atoms with Crippen LogP contribution in [0.3, 0.4) is 0 Å². The van der Waals surface area contributed by atoms with E-state index in [9.17, 15) is 25.0 Å². The van der Waals surface area contributed by atoms with Crippen molar-refractivity contribution >= 4 is 46.2 Å². The van der Waals surface area contributed by atoms with Crippen molar-refractivity contribution in [2.75, 3.05) is 5.32 Å². The van der Waals surface area contributed by atoms with Crippen LogP contribution in [0.4, 0.5) is 17.1 Å². The number of amides is 1. The molecule has 11 nitrogen and oxygen atoms in total. The van der Waals surface area contributed by atoms with Gasteiger partial charge in [-0.3, -0.25) is 29.7 Å². The highest BCUT2D eigenvalue weighted by molar-refractivity contribution is 6.35. The van der Waals surface area contributed by atoms with Gasteiger partial charge in [0.1, 0.15) is 17.7 Å². The van der Waals surface area contributed by atoms with Crippen molar-refractivity contribution in [1.82, 2.24) is 9.78 Å². The predicted octanol–water partition coefficient (Wildman–Crippen LogP) is 5.07. The van der Waals surface area contributed by atoms with Gasteiger partial charge in [0.15, 0.2) is 0 Å². The first kappa shape index (κ1) is 22.0. The Bertz CT molecular complexity index is 1200. The van der Waals surface area contributed by atoms with Gasteiger partial charge in [-0.15, -0.1) is 0 Å². The number of carbonyl (C=O) groups excluding carboxylic acids is 1. The standard InChI is InChI=1S/C18H13Cl2N5O6/c1-2-23-9-15(25(29)30)17(22-23)18(26)21-11-6-12(24(27)28)8-13(7-11)31-16-4-3-10(19)5-14(16)20/h3-9H,2H2,1H3,(H,21,26). The highest BCUT2D eigenvalue weighted by atomic mass is 35.5. The van der Waals surface area contributed by atoms with Crippen LogP contribution in [-0.2, 0) is 6.54 Å². The minimum absolute atomic E-state index is 0.00214. The zero-order chi connectivity index (χ0) is 22.7. The highest BCUT2D eigenvalue weighted by Crippen LogP contribution is 2.34. The molecule has 0 saturated heterocycles. The average molecular weight is 466 g/mol. The third-order valence-electron chi connectivity index (χ3n) is 3.96. The number of anilines is 1. The molecule has 3 aromatic rings. The molecule has 0 bridgehead atoms. The number of halogens is 2. The van der Waals surface area contributed by atoms with Gasteiger partial charge >= 0.3 is 5.69 Å². The summed E-state index contributed by atoms with van der Waals surface area (Å²) >= 11 is 11.9. The normalized spacial score (nSPS) is 10.5. The van der Waals surface area contributed by atoms with Gasteiger partial charge in [0.05, 0.1) is 26.6 Å². The average Bonchev–Trinajstić information content (AvgIpc) is 3.15. The molecule has 13 heteroatoms. The summed E-state index contributed by atoms with van der Waals surface area (Å²) in [5.41, 5.74) is -1.33. The Morgan fingerprint density at radius 3 is 2.52 bits per heavy atom. The zero-order valence-corrected chi connectivity index (χ0v) is 17.3. The van der Waals surface area contributed by atoms with Crippen LogP contribution in [-0.4, -0.2) is 25.5 Å². The molecule has 1 N–H and O–H groups in total. The van der Waals surface area contributed by atoms with Gasteiger partial charge in [-0.25, -0.2) is 0 Å². The number of nitrogens with one attached hydrogen (secondary N) is 1. The summed E-state index contributed by atoms with van der Waals surface area (Å²) in [7, 11) is 0. The number of benzene rings is 2. The second-order valence-corrected chi connectivity index (χ2v) is 6.92. The summed E-state index contributed by atoms with van der Waals surface area (Å²) in [6, 6.07) is 7.94. The van der Waals surface area contributed by atoms with Crippen LogP contribution < -0.4 is 10.1 Å². The molecule has 1 aromatic heterocycles. The molecule has 3 rings (SSSR count). The van der Waals surface area contributed by atoms with Gasteiger partial charge < -0.3 is 10.1 Å². The molecule has 1 heterocycles. The third kappa shape index (κ3) is 5.08. The van der Waals surface area contributed by atoms with E-state index in [0.717, 1.165) is 18.3 Å². The highest BCUT2D eigenvalue weighted by Gasteiger charge is 2.26. The molecule has 0 spiro atoms. The Morgan fingerprint density at radius 2 is 1.90 bits per heavy atom. The number of nitrogens with zero attached hydrogens (tertiary/aromatic N) is 4. The SMILES string of the molecule is CCn1cc([N+](=O)[O-])c(C(=O)Nc2cc(Oc3ccc(Cl)cc3Cl)cc([N+](=O)[O-])c2)n1. The van der Waals surface area contributed by atoms with E-state index < -0.39 is 27.1 Å². The molecular weight excluding hydrogens is 453 g/mol. The first-order chi connectivity index (χ1) is 14.7. The van der Waals surface area contributed by atoms with E-state index in [-0.39, 0.29) is 27.9 Å². The molecular formula is C18H13Cl2N5O6. The lowest BCUT2D eigenvalue weighted by molar-refractivity contribution is -0.385. The van der Waals surface area contributed by atoms with Crippen molar-refractivity contribution in [2.45, 2.75) is 13.5 Å². The number of nitro groups is 2. The van der Waals surface area contributed by atoms with E-state index in [4.69, 9.17) is 27.9 Å². The van der Waals surface area contributed by atoms with E-state index in [0.29, 0.717) is 11.6 Å². The first-order valence-electron chi connectivity index (χ1n) is 8.63. The Morgan fingerprint density at radius 1 is 1.16 bits per heavy atom. The van der Waals surface area contributed by atoms with Crippen molar-refractivity contribution in [3.63, 3.8) is 0 Å². The van der Waals surface area contributed by atoms with Gasteiger partial charge in [0, 0.05) is 23.7 Å². The first-order valence-corrected chi connectivity index (χ1v) is 9.39. The summed E-state index contributed by atoms with van der Waals surface area (Å²) in [5, 5.41) is 29.3. The summed E-state index contributed by atoms with van der Waals surface area (Å²) in [6.45, 7) is 2.01. The van der Waals surface area contributed by atoms with Crippen molar-refractivity contribution in [1.29, 1.82) is 0 Å². The summed E-state index contributed by atoms with van der Waals surface area (Å²) in [6.07, 6.45) is 1.12. The van der Waals surface area contributed by atoms with Crippen molar-refractivity contribution in [3.8, 4) is 11.5 Å². The minimum Gasteiger partial charge on any atom is -0.455 e. The van der Waals surface area contributed by atoms with Gasteiger partial charge in [0.2, 0.25) is 5.69 Å². The molecule has 1 amide bonds. The molecule has 160 valence electrons. The number of non-ortho nitro benzene ring substituents is 1. The zero-order valence-electron chi connectivity index (χ0n) is 15.7. The molecule has 0 atom stereocenters. The molecule has 0 saturated carbocycles. The van der Waals surface area contributed by atoms with Crippen molar-refractivity contribution in [3.05, 3.63) is 78.6 Å². The Hall–Kier alpha value is -3.70. The number of ether oxygens (including phenoxy) is 1. The maximum atomic E-state index is 12.6. The van der Waals surface area contributed by atoms with E-state index in [2.05, 4.69) is 10.4 Å². The molecule has 0 radical (unpaired) electrons. The van der Waals surface area contributed by atoms with E-state index in [1.165, 1.54) is 28.9 Å². The van der Waals surface area contributed by atoms with Crippen molar-refractivity contribution < 1.29 is 19.4 Å². The quantitative estimate of drug-likeness (QED) is 0.378. The Kier molecular flexibility index (Phi) is 6.37. The summed E-state index contributed by atoms with van der Waals surface area (Å²) in [5.74, 6) is -0.724. The number of rotatable bonds is 7. The maximum Gasteiger partial charge on any atom is 0.320 e. The fraction of sp³-hybridized carbons (Fsp3) is 0.111. The van der Waals surface area contributed by atoms with Gasteiger partial charge in [-0.05, 0) is 25.1 Å². The summed E-state index contributed by atoms with van der Waals surface area (Å²) in [4.78, 5) is 33.7. The Labute approximate surface area is 184 Å². The van der Waals surface area contributed by atoms with Crippen LogP contribution in [0.1, 0.15) is 17.4 Å². The number of aryl methyl sites for hydroxylation is 1. The second-order valence-electron chi connectivity index (χ2n) is 6.08. The van der Waals surface area contributed by atoms with Crippen LogP contribution in [0, 0.1) is 20.2 Å². The maximum absolute atomic E-state index is 12.6. The van der Waals surface area contributed by atoms with E-state index in [1.54, 1.807) is 6.92 Å². The predicted molar refractivity (Wildman–Crippen MR) is 112 cm³/mol. The van der Waals surface area contributed by atoms with Crippen LogP contribution in [0.15, 0.2) is 42.6 Å². The second kappa shape index (κ2) is 8.98. The monoisotopic (exact) mass is 465 g/mol. The molecule has 0 unspecified atom stereocenters. The van der Waals surface area contributed by atoms with Gasteiger partial charge in [-0.2, -0.15) is 5.10 Å². The van der Waals surface area contributed by atoms with Crippen molar-refractivity contribution in [2.24, 2.45) is 0 Å². The number of hydrogen-bond acceptors (Lipinski definition) is 7. The topological polar surface area (TPSA) is 142 Å². The van der Waals surface area contributed by atoms with E-state index >= 15 is 0 Å².